The van der Waals surface area contributed by atoms with E-state index in [2.05, 4.69) is 33.2 Å². The molecule has 1 amide bonds. The topological polar surface area (TPSA) is 78.6 Å². The lowest BCUT2D eigenvalue weighted by molar-refractivity contribution is 0.0953. The van der Waals surface area contributed by atoms with Gasteiger partial charge in [-0.3, -0.25) is 15.1 Å². The Labute approximate surface area is 127 Å². The molecule has 0 aliphatic carbocycles. The van der Waals surface area contributed by atoms with Crippen molar-refractivity contribution >= 4 is 21.8 Å². The van der Waals surface area contributed by atoms with Crippen molar-refractivity contribution in [2.75, 3.05) is 13.2 Å². The number of rotatable bonds is 4. The zero-order valence-corrected chi connectivity index (χ0v) is 13.1. The summed E-state index contributed by atoms with van der Waals surface area (Å²) in [6, 6.07) is 5.67. The number of carbonyl (C=O) groups is 1. The van der Waals surface area contributed by atoms with Gasteiger partial charge in [-0.05, 0) is 36.6 Å². The summed E-state index contributed by atoms with van der Waals surface area (Å²) in [5, 5.41) is 9.48. The van der Waals surface area contributed by atoms with Crippen molar-refractivity contribution in [2.24, 2.45) is 11.8 Å². The number of hydrogen-bond acceptors (Lipinski definition) is 4. The molecule has 4 N–H and O–H groups in total. The predicted octanol–water partition coefficient (Wildman–Crippen LogP) is 1.26. The van der Waals surface area contributed by atoms with E-state index in [-0.39, 0.29) is 18.6 Å². The summed E-state index contributed by atoms with van der Waals surface area (Å²) < 4.78 is 0.884. The molecule has 20 heavy (non-hydrogen) atoms. The second-order valence-corrected chi connectivity index (χ2v) is 6.12. The number of benzene rings is 1. The second-order valence-electron chi connectivity index (χ2n) is 5.27. The number of aliphatic hydroxyl groups is 1. The number of nitrogen functional groups attached to an aromatic ring is 1. The van der Waals surface area contributed by atoms with E-state index in [1.807, 2.05) is 6.07 Å². The van der Waals surface area contributed by atoms with E-state index in [4.69, 9.17) is 5.84 Å². The van der Waals surface area contributed by atoms with Crippen LogP contribution in [0.4, 0.5) is 0 Å². The van der Waals surface area contributed by atoms with E-state index < -0.39 is 0 Å². The smallest absolute Gasteiger partial charge is 0.265 e. The Morgan fingerprint density at radius 1 is 1.60 bits per heavy atom. The summed E-state index contributed by atoms with van der Waals surface area (Å²) in [4.78, 5) is 13.7. The van der Waals surface area contributed by atoms with Crippen LogP contribution in [-0.4, -0.2) is 35.1 Å². The summed E-state index contributed by atoms with van der Waals surface area (Å²) in [6.07, 6.45) is 1.11. The maximum atomic E-state index is 11.5. The van der Waals surface area contributed by atoms with Gasteiger partial charge in [-0.1, -0.05) is 28.9 Å². The lowest BCUT2D eigenvalue weighted by Crippen LogP contribution is -2.34. The fraction of sp³-hybridized carbons (Fsp3) is 0.500. The largest absolute Gasteiger partial charge is 0.395 e. The number of nitrogens with zero attached hydrogens (tertiary/aromatic N) is 1. The van der Waals surface area contributed by atoms with Crippen molar-refractivity contribution in [1.82, 2.24) is 10.3 Å². The molecule has 1 aliphatic rings. The molecule has 2 atom stereocenters. The maximum Gasteiger partial charge on any atom is 0.265 e. The molecular formula is C14H20BrN3O2. The van der Waals surface area contributed by atoms with E-state index in [1.54, 1.807) is 12.1 Å². The third-order valence-corrected chi connectivity index (χ3v) is 4.74. The van der Waals surface area contributed by atoms with Gasteiger partial charge < -0.3 is 5.11 Å². The van der Waals surface area contributed by atoms with Crippen LogP contribution in [0, 0.1) is 5.92 Å². The lowest BCUT2D eigenvalue weighted by atomic mass is 10.0. The number of halogens is 1. The van der Waals surface area contributed by atoms with Gasteiger partial charge >= 0.3 is 0 Å². The molecule has 1 aliphatic heterocycles. The molecule has 0 aromatic heterocycles. The number of likely N-dealkylation sites (tertiary alicyclic amines) is 1. The monoisotopic (exact) mass is 341 g/mol. The van der Waals surface area contributed by atoms with E-state index in [9.17, 15) is 9.90 Å². The van der Waals surface area contributed by atoms with Crippen molar-refractivity contribution in [1.29, 1.82) is 0 Å². The maximum absolute atomic E-state index is 11.5. The number of aliphatic hydroxyl groups excluding tert-OH is 1. The molecule has 0 saturated carbocycles. The first kappa shape index (κ1) is 15.4. The molecule has 0 bridgehead atoms. The van der Waals surface area contributed by atoms with Gasteiger partial charge in [0.15, 0.2) is 0 Å². The van der Waals surface area contributed by atoms with Crippen LogP contribution in [0.15, 0.2) is 22.7 Å². The highest BCUT2D eigenvalue weighted by Crippen LogP contribution is 2.28. The Bertz CT molecular complexity index is 495. The molecular weight excluding hydrogens is 322 g/mol. The molecule has 1 aromatic carbocycles. The fourth-order valence-electron chi connectivity index (χ4n) is 2.70. The number of carbonyl (C=O) groups excluding carboxylic acids is 1. The number of amides is 1. The van der Waals surface area contributed by atoms with Gasteiger partial charge in [-0.2, -0.15) is 0 Å². The summed E-state index contributed by atoms with van der Waals surface area (Å²) in [5.41, 5.74) is 3.75. The molecule has 1 saturated heterocycles. The first-order valence-electron chi connectivity index (χ1n) is 6.71. The summed E-state index contributed by atoms with van der Waals surface area (Å²) in [5.74, 6) is 5.33. The molecule has 2 rings (SSSR count). The average molecular weight is 342 g/mol. The lowest BCUT2D eigenvalue weighted by Gasteiger charge is -2.25. The van der Waals surface area contributed by atoms with E-state index in [0.717, 1.165) is 29.5 Å². The van der Waals surface area contributed by atoms with E-state index >= 15 is 0 Å². The van der Waals surface area contributed by atoms with Crippen LogP contribution in [0.5, 0.6) is 0 Å². The van der Waals surface area contributed by atoms with Crippen molar-refractivity contribution in [2.45, 2.75) is 25.9 Å². The van der Waals surface area contributed by atoms with Gasteiger partial charge in [0.25, 0.3) is 5.91 Å². The average Bonchev–Trinajstić information content (AvgIpc) is 2.80. The first-order valence-corrected chi connectivity index (χ1v) is 7.50. The highest BCUT2D eigenvalue weighted by atomic mass is 79.9. The number of hydrogen-bond donors (Lipinski definition) is 3. The Morgan fingerprint density at radius 3 is 2.95 bits per heavy atom. The third kappa shape index (κ3) is 3.20. The van der Waals surface area contributed by atoms with Gasteiger partial charge in [0, 0.05) is 22.6 Å². The fourth-order valence-corrected chi connectivity index (χ4v) is 3.20. The SMILES string of the molecule is CC1CCN(Cc2ccc(C(=O)NN)cc2Br)C1CO. The number of hydrazine groups is 1. The second kappa shape index (κ2) is 6.67. The van der Waals surface area contributed by atoms with Crippen molar-refractivity contribution < 1.29 is 9.90 Å². The van der Waals surface area contributed by atoms with Crippen LogP contribution in [0.25, 0.3) is 0 Å². The number of nitrogens with one attached hydrogen (secondary N) is 1. The molecule has 1 fully saturated rings. The minimum atomic E-state index is -0.305. The van der Waals surface area contributed by atoms with Crippen LogP contribution in [-0.2, 0) is 6.54 Å². The van der Waals surface area contributed by atoms with Crippen LogP contribution >= 0.6 is 15.9 Å². The van der Waals surface area contributed by atoms with Gasteiger partial charge in [0.1, 0.15) is 0 Å². The van der Waals surface area contributed by atoms with Crippen LogP contribution in [0.2, 0.25) is 0 Å². The highest BCUT2D eigenvalue weighted by molar-refractivity contribution is 9.10. The minimum absolute atomic E-state index is 0.187. The van der Waals surface area contributed by atoms with Crippen LogP contribution in [0.3, 0.4) is 0 Å². The molecule has 5 nitrogen and oxygen atoms in total. The summed E-state index contributed by atoms with van der Waals surface area (Å²) in [7, 11) is 0. The quantitative estimate of drug-likeness (QED) is 0.437. The molecule has 1 heterocycles. The van der Waals surface area contributed by atoms with Crippen LogP contribution in [0.1, 0.15) is 29.3 Å². The Balaban J connectivity index is 2.12. The van der Waals surface area contributed by atoms with Gasteiger partial charge in [0.2, 0.25) is 0 Å². The minimum Gasteiger partial charge on any atom is -0.395 e. The van der Waals surface area contributed by atoms with Crippen molar-refractivity contribution in [3.63, 3.8) is 0 Å². The standard InChI is InChI=1S/C14H20BrN3O2/c1-9-4-5-18(13(9)8-19)7-11-3-2-10(6-12(11)15)14(20)17-16/h2-3,6,9,13,19H,4-5,7-8,16H2,1H3,(H,17,20). The summed E-state index contributed by atoms with van der Waals surface area (Å²) in [6.45, 7) is 4.11. The molecule has 1 aromatic rings. The summed E-state index contributed by atoms with van der Waals surface area (Å²) >= 11 is 3.50. The van der Waals surface area contributed by atoms with Crippen molar-refractivity contribution in [3.8, 4) is 0 Å². The Hall–Kier alpha value is -0.950. The highest BCUT2D eigenvalue weighted by Gasteiger charge is 2.30. The van der Waals surface area contributed by atoms with E-state index in [1.165, 1.54) is 0 Å². The zero-order valence-electron chi connectivity index (χ0n) is 11.5. The van der Waals surface area contributed by atoms with Gasteiger partial charge in [-0.25, -0.2) is 5.84 Å². The predicted molar refractivity (Wildman–Crippen MR) is 80.9 cm³/mol. The number of nitrogens with two attached hydrogens (primary N) is 1. The third-order valence-electron chi connectivity index (χ3n) is 4.00. The van der Waals surface area contributed by atoms with Gasteiger partial charge in [0.05, 0.1) is 6.61 Å². The first-order chi connectivity index (χ1) is 9.56. The molecule has 0 radical (unpaired) electrons. The van der Waals surface area contributed by atoms with Crippen LogP contribution < -0.4 is 11.3 Å². The Kier molecular flexibility index (Phi) is 5.15. The normalized spacial score (nSPS) is 23.0. The molecule has 110 valence electrons. The Morgan fingerprint density at radius 2 is 2.35 bits per heavy atom. The molecule has 2 unspecified atom stereocenters. The van der Waals surface area contributed by atoms with Gasteiger partial charge in [-0.15, -0.1) is 0 Å². The molecule has 6 heteroatoms. The molecule has 0 spiro atoms. The van der Waals surface area contributed by atoms with E-state index in [0.29, 0.717) is 11.5 Å². The zero-order chi connectivity index (χ0) is 14.7. The van der Waals surface area contributed by atoms with Crippen molar-refractivity contribution in [3.05, 3.63) is 33.8 Å².